The molecule has 2 aliphatic heterocycles. The van der Waals surface area contributed by atoms with Gasteiger partial charge in [-0.25, -0.2) is 4.79 Å². The lowest BCUT2D eigenvalue weighted by Gasteiger charge is -2.22. The Hall–Kier alpha value is -1.59. The molecule has 1 aliphatic carbocycles. The zero-order valence-corrected chi connectivity index (χ0v) is 11.1. The third kappa shape index (κ3) is 1.99. The molecule has 1 unspecified atom stereocenters. The fourth-order valence-corrected chi connectivity index (χ4v) is 3.00. The summed E-state index contributed by atoms with van der Waals surface area (Å²) in [7, 11) is 0. The third-order valence-corrected chi connectivity index (χ3v) is 4.45. The highest BCUT2D eigenvalue weighted by Crippen LogP contribution is 2.42. The van der Waals surface area contributed by atoms with E-state index in [1.807, 2.05) is 0 Å². The van der Waals surface area contributed by atoms with Crippen molar-refractivity contribution in [2.24, 2.45) is 5.92 Å². The van der Waals surface area contributed by atoms with Crippen LogP contribution in [-0.2, 0) is 9.59 Å². The number of imide groups is 1. The number of carbonyl (C=O) groups excluding carboxylic acids is 3. The molecule has 0 bridgehead atoms. The second kappa shape index (κ2) is 4.21. The van der Waals surface area contributed by atoms with Gasteiger partial charge in [-0.2, -0.15) is 0 Å². The Bertz CT molecular complexity index is 440. The van der Waals surface area contributed by atoms with Crippen molar-refractivity contribution in [3.8, 4) is 0 Å². The van der Waals surface area contributed by atoms with Crippen molar-refractivity contribution < 1.29 is 14.4 Å². The van der Waals surface area contributed by atoms with Crippen LogP contribution in [0.3, 0.4) is 0 Å². The van der Waals surface area contributed by atoms with E-state index in [1.165, 1.54) is 0 Å². The molecule has 3 fully saturated rings. The zero-order chi connectivity index (χ0) is 13.6. The predicted octanol–water partition coefficient (Wildman–Crippen LogP) is 0.329. The van der Waals surface area contributed by atoms with Gasteiger partial charge in [0.15, 0.2) is 0 Å². The molecule has 19 heavy (non-hydrogen) atoms. The Labute approximate surface area is 112 Å². The van der Waals surface area contributed by atoms with Crippen molar-refractivity contribution in [1.29, 1.82) is 0 Å². The molecule has 6 heteroatoms. The van der Waals surface area contributed by atoms with Gasteiger partial charge in [-0.3, -0.25) is 14.5 Å². The molecule has 1 atom stereocenters. The number of urea groups is 1. The van der Waals surface area contributed by atoms with Gasteiger partial charge in [-0.15, -0.1) is 0 Å². The lowest BCUT2D eigenvalue weighted by molar-refractivity contribution is -0.138. The first-order valence-corrected chi connectivity index (χ1v) is 6.94. The van der Waals surface area contributed by atoms with Gasteiger partial charge in [-0.1, -0.05) is 0 Å². The van der Waals surface area contributed by atoms with Crippen molar-refractivity contribution in [2.45, 2.75) is 38.1 Å². The lowest BCUT2D eigenvalue weighted by atomic mass is 9.96. The van der Waals surface area contributed by atoms with Crippen LogP contribution in [0.5, 0.6) is 0 Å². The quantitative estimate of drug-likeness (QED) is 0.748. The number of amides is 4. The molecule has 4 amide bonds. The summed E-state index contributed by atoms with van der Waals surface area (Å²) in [6.07, 6.45) is 3.95. The van der Waals surface area contributed by atoms with Crippen LogP contribution in [0, 0.1) is 5.92 Å². The summed E-state index contributed by atoms with van der Waals surface area (Å²) in [4.78, 5) is 39.1. The Morgan fingerprint density at radius 2 is 1.95 bits per heavy atom. The van der Waals surface area contributed by atoms with E-state index >= 15 is 0 Å². The van der Waals surface area contributed by atoms with Gasteiger partial charge >= 0.3 is 6.03 Å². The normalized spacial score (nSPS) is 31.0. The second-order valence-corrected chi connectivity index (χ2v) is 5.89. The number of hydrogen-bond donors (Lipinski definition) is 1. The molecule has 104 valence electrons. The number of carbonyl (C=O) groups is 3. The zero-order valence-electron chi connectivity index (χ0n) is 11.1. The summed E-state index contributed by atoms with van der Waals surface area (Å²) in [6.45, 7) is 3.13. The average molecular weight is 265 g/mol. The fraction of sp³-hybridized carbons (Fsp3) is 0.769. The molecule has 0 aromatic heterocycles. The van der Waals surface area contributed by atoms with E-state index < -0.39 is 11.6 Å². The molecule has 6 nitrogen and oxygen atoms in total. The fourth-order valence-electron chi connectivity index (χ4n) is 3.00. The molecule has 1 N–H and O–H groups in total. The molecule has 2 heterocycles. The molecular weight excluding hydrogens is 246 g/mol. The van der Waals surface area contributed by atoms with Gasteiger partial charge in [0.1, 0.15) is 12.1 Å². The SMILES string of the molecule is CC1(C2CC2)NC(=O)N(CC(=O)N2CCCC2)C1=O. The second-order valence-electron chi connectivity index (χ2n) is 5.89. The van der Waals surface area contributed by atoms with Gasteiger partial charge in [-0.05, 0) is 38.5 Å². The van der Waals surface area contributed by atoms with Gasteiger partial charge in [0, 0.05) is 13.1 Å². The van der Waals surface area contributed by atoms with Crippen molar-refractivity contribution in [3.05, 3.63) is 0 Å². The summed E-state index contributed by atoms with van der Waals surface area (Å²) < 4.78 is 0. The smallest absolute Gasteiger partial charge is 0.325 e. The lowest BCUT2D eigenvalue weighted by Crippen LogP contribution is -2.47. The topological polar surface area (TPSA) is 69.7 Å². The highest BCUT2D eigenvalue weighted by Gasteiger charge is 2.56. The number of likely N-dealkylation sites (tertiary alicyclic amines) is 1. The maximum absolute atomic E-state index is 12.3. The van der Waals surface area contributed by atoms with E-state index in [2.05, 4.69) is 5.32 Å². The largest absolute Gasteiger partial charge is 0.341 e. The van der Waals surface area contributed by atoms with Crippen LogP contribution in [0.2, 0.25) is 0 Å². The molecule has 2 saturated heterocycles. The van der Waals surface area contributed by atoms with E-state index in [-0.39, 0.29) is 24.3 Å². The number of nitrogens with one attached hydrogen (secondary N) is 1. The van der Waals surface area contributed by atoms with E-state index in [4.69, 9.17) is 0 Å². The van der Waals surface area contributed by atoms with Crippen LogP contribution < -0.4 is 5.32 Å². The summed E-state index contributed by atoms with van der Waals surface area (Å²) in [5.41, 5.74) is -0.789. The molecule has 0 radical (unpaired) electrons. The minimum atomic E-state index is -0.789. The molecule has 0 spiro atoms. The minimum absolute atomic E-state index is 0.118. The molecule has 1 saturated carbocycles. The average Bonchev–Trinajstić information content (AvgIpc) is 3.05. The van der Waals surface area contributed by atoms with E-state index in [0.29, 0.717) is 0 Å². The number of hydrogen-bond acceptors (Lipinski definition) is 3. The standard InChI is InChI=1S/C13H19N3O3/c1-13(9-4-5-9)11(18)16(12(19)14-13)8-10(17)15-6-2-3-7-15/h9H,2-8H2,1H3,(H,14,19). The van der Waals surface area contributed by atoms with Crippen LogP contribution in [0.25, 0.3) is 0 Å². The van der Waals surface area contributed by atoms with E-state index in [9.17, 15) is 14.4 Å². The summed E-state index contributed by atoms with van der Waals surface area (Å²) in [6, 6.07) is -0.424. The maximum Gasteiger partial charge on any atom is 0.325 e. The summed E-state index contributed by atoms with van der Waals surface area (Å²) >= 11 is 0. The number of rotatable bonds is 3. The minimum Gasteiger partial charge on any atom is -0.341 e. The van der Waals surface area contributed by atoms with Crippen molar-refractivity contribution >= 4 is 17.8 Å². The van der Waals surface area contributed by atoms with Gasteiger partial charge in [0.05, 0.1) is 0 Å². The first-order chi connectivity index (χ1) is 9.02. The Morgan fingerprint density at radius 3 is 2.53 bits per heavy atom. The molecule has 3 aliphatic rings. The van der Waals surface area contributed by atoms with Crippen LogP contribution in [0.15, 0.2) is 0 Å². The molecule has 0 aromatic carbocycles. The highest BCUT2D eigenvalue weighted by atomic mass is 16.2. The Kier molecular flexibility index (Phi) is 2.76. The maximum atomic E-state index is 12.3. The predicted molar refractivity (Wildman–Crippen MR) is 67.2 cm³/mol. The van der Waals surface area contributed by atoms with Crippen molar-refractivity contribution in [2.75, 3.05) is 19.6 Å². The first-order valence-electron chi connectivity index (χ1n) is 6.94. The first kappa shape index (κ1) is 12.4. The van der Waals surface area contributed by atoms with Crippen molar-refractivity contribution in [1.82, 2.24) is 15.1 Å². The monoisotopic (exact) mass is 265 g/mol. The van der Waals surface area contributed by atoms with E-state index in [0.717, 1.165) is 43.7 Å². The third-order valence-electron chi connectivity index (χ3n) is 4.45. The molecular formula is C13H19N3O3. The van der Waals surface area contributed by atoms with Gasteiger partial charge in [0.25, 0.3) is 5.91 Å². The molecule has 3 rings (SSSR count). The van der Waals surface area contributed by atoms with Crippen molar-refractivity contribution in [3.63, 3.8) is 0 Å². The Morgan fingerprint density at radius 1 is 1.32 bits per heavy atom. The Balaban J connectivity index is 1.69. The number of nitrogens with zero attached hydrogens (tertiary/aromatic N) is 2. The van der Waals surface area contributed by atoms with Gasteiger partial charge < -0.3 is 10.2 Å². The van der Waals surface area contributed by atoms with E-state index in [1.54, 1.807) is 11.8 Å². The van der Waals surface area contributed by atoms with Crippen LogP contribution in [0.1, 0.15) is 32.6 Å². The van der Waals surface area contributed by atoms with Crippen LogP contribution in [0.4, 0.5) is 4.79 Å². The summed E-state index contributed by atoms with van der Waals surface area (Å²) in [5, 5.41) is 2.75. The van der Waals surface area contributed by atoms with Crippen LogP contribution in [-0.4, -0.2) is 52.8 Å². The summed E-state index contributed by atoms with van der Waals surface area (Å²) in [5.74, 6) is -0.135. The van der Waals surface area contributed by atoms with Crippen LogP contribution >= 0.6 is 0 Å². The highest BCUT2D eigenvalue weighted by molar-refractivity contribution is 6.09. The van der Waals surface area contributed by atoms with Gasteiger partial charge in [0.2, 0.25) is 5.91 Å². The molecule has 0 aromatic rings.